The highest BCUT2D eigenvalue weighted by Crippen LogP contribution is 2.41. The summed E-state index contributed by atoms with van der Waals surface area (Å²) < 4.78 is 5.09. The molecule has 0 saturated carbocycles. The Balaban J connectivity index is 3.48. The predicted molar refractivity (Wildman–Crippen MR) is 61.6 cm³/mol. The molecule has 1 rings (SSSR count). The van der Waals surface area contributed by atoms with Gasteiger partial charge >= 0.3 is 0 Å². The van der Waals surface area contributed by atoms with Gasteiger partial charge in [-0.1, -0.05) is 11.6 Å². The predicted octanol–water partition coefficient (Wildman–Crippen LogP) is 2.56. The molecule has 0 spiro atoms. The van der Waals surface area contributed by atoms with Crippen molar-refractivity contribution >= 4 is 11.6 Å². The molecule has 0 heterocycles. The molecule has 0 aliphatic rings. The summed E-state index contributed by atoms with van der Waals surface area (Å²) in [5, 5.41) is 10.1. The first-order chi connectivity index (χ1) is 6.79. The molecule has 0 aliphatic heterocycles. The minimum Gasteiger partial charge on any atom is -0.506 e. The van der Waals surface area contributed by atoms with Gasteiger partial charge in [-0.05, 0) is 32.4 Å². The Morgan fingerprint density at radius 2 is 2.00 bits per heavy atom. The molecule has 0 aliphatic carbocycles. The van der Waals surface area contributed by atoms with Crippen LogP contribution >= 0.6 is 11.6 Å². The molecule has 0 bridgehead atoms. The molecule has 0 saturated heterocycles. The highest BCUT2D eigenvalue weighted by molar-refractivity contribution is 6.33. The fourth-order valence-electron chi connectivity index (χ4n) is 1.49. The highest BCUT2D eigenvalue weighted by atomic mass is 35.5. The van der Waals surface area contributed by atoms with Crippen molar-refractivity contribution in [2.24, 2.45) is 5.73 Å². The number of hydrogen-bond donors (Lipinski definition) is 2. The van der Waals surface area contributed by atoms with Crippen molar-refractivity contribution in [3.8, 4) is 11.5 Å². The lowest BCUT2D eigenvalue weighted by molar-refractivity contribution is 0.398. The molecule has 0 radical (unpaired) electrons. The minimum absolute atomic E-state index is 0.00776. The molecule has 0 amide bonds. The van der Waals surface area contributed by atoms with Gasteiger partial charge in [0.2, 0.25) is 0 Å². The number of ether oxygens (including phenoxy) is 1. The van der Waals surface area contributed by atoms with E-state index in [1.807, 2.05) is 20.8 Å². The SMILES string of the molecule is COc1c(C)cc(C(C)(C)N)c(O)c1Cl. The van der Waals surface area contributed by atoms with Gasteiger partial charge in [0.05, 0.1) is 7.11 Å². The van der Waals surface area contributed by atoms with Crippen LogP contribution in [0.2, 0.25) is 5.02 Å². The van der Waals surface area contributed by atoms with Gasteiger partial charge < -0.3 is 15.6 Å². The molecule has 3 nitrogen and oxygen atoms in total. The van der Waals surface area contributed by atoms with Gasteiger partial charge in [-0.2, -0.15) is 0 Å². The van der Waals surface area contributed by atoms with E-state index in [1.165, 1.54) is 7.11 Å². The van der Waals surface area contributed by atoms with Crippen LogP contribution in [0.3, 0.4) is 0 Å². The Morgan fingerprint density at radius 1 is 1.47 bits per heavy atom. The van der Waals surface area contributed by atoms with Crippen molar-refractivity contribution in [3.63, 3.8) is 0 Å². The van der Waals surface area contributed by atoms with Crippen molar-refractivity contribution in [2.45, 2.75) is 26.3 Å². The second-order valence-corrected chi connectivity index (χ2v) is 4.54. The third kappa shape index (κ3) is 2.19. The first kappa shape index (κ1) is 12.1. The molecule has 0 unspecified atom stereocenters. The summed E-state index contributed by atoms with van der Waals surface area (Å²) in [6, 6.07) is 1.79. The van der Waals surface area contributed by atoms with Crippen molar-refractivity contribution in [1.29, 1.82) is 0 Å². The van der Waals surface area contributed by atoms with Crippen molar-refractivity contribution in [2.75, 3.05) is 7.11 Å². The van der Waals surface area contributed by atoms with E-state index in [0.717, 1.165) is 5.56 Å². The highest BCUT2D eigenvalue weighted by Gasteiger charge is 2.23. The van der Waals surface area contributed by atoms with Crippen LogP contribution in [0, 0.1) is 6.92 Å². The summed E-state index contributed by atoms with van der Waals surface area (Å²) in [7, 11) is 1.51. The third-order valence-corrected chi connectivity index (χ3v) is 2.63. The number of methoxy groups -OCH3 is 1. The number of phenols is 1. The summed E-state index contributed by atoms with van der Waals surface area (Å²) in [6.45, 7) is 5.48. The molecule has 1 aromatic carbocycles. The molecule has 84 valence electrons. The molecule has 0 atom stereocenters. The van der Waals surface area contributed by atoms with Gasteiger partial charge in [0.15, 0.2) is 0 Å². The molecule has 0 aromatic heterocycles. The first-order valence-electron chi connectivity index (χ1n) is 4.64. The van der Waals surface area contributed by atoms with Gasteiger partial charge in [-0.15, -0.1) is 0 Å². The summed E-state index contributed by atoms with van der Waals surface area (Å²) in [5.41, 5.74) is 6.77. The van der Waals surface area contributed by atoms with Crippen LogP contribution in [0.1, 0.15) is 25.0 Å². The van der Waals surface area contributed by atoms with Crippen LogP contribution in [0.4, 0.5) is 0 Å². The molecule has 15 heavy (non-hydrogen) atoms. The monoisotopic (exact) mass is 229 g/mol. The second-order valence-electron chi connectivity index (χ2n) is 4.16. The Kier molecular flexibility index (Phi) is 3.16. The summed E-state index contributed by atoms with van der Waals surface area (Å²) in [5.74, 6) is 0.480. The lowest BCUT2D eigenvalue weighted by Crippen LogP contribution is -2.28. The van der Waals surface area contributed by atoms with Gasteiger partial charge in [0.25, 0.3) is 0 Å². The molecule has 3 N–H and O–H groups in total. The Labute approximate surface area is 94.8 Å². The molecule has 4 heteroatoms. The normalized spacial score (nSPS) is 11.6. The van der Waals surface area contributed by atoms with Crippen molar-refractivity contribution in [1.82, 2.24) is 0 Å². The largest absolute Gasteiger partial charge is 0.506 e. The van der Waals surface area contributed by atoms with Crippen LogP contribution in [0.5, 0.6) is 11.5 Å². The average Bonchev–Trinajstić information content (AvgIpc) is 2.10. The van der Waals surface area contributed by atoms with Crippen LogP contribution in [-0.4, -0.2) is 12.2 Å². The number of aryl methyl sites for hydroxylation is 1. The quantitative estimate of drug-likeness (QED) is 0.820. The van der Waals surface area contributed by atoms with Crippen molar-refractivity contribution < 1.29 is 9.84 Å². The Hall–Kier alpha value is -0.930. The van der Waals surface area contributed by atoms with E-state index in [1.54, 1.807) is 6.07 Å². The Bertz CT molecular complexity index is 383. The van der Waals surface area contributed by atoms with E-state index in [-0.39, 0.29) is 10.8 Å². The summed E-state index contributed by atoms with van der Waals surface area (Å²) >= 11 is 5.98. The number of phenolic OH excluding ortho intramolecular Hbond substituents is 1. The number of rotatable bonds is 2. The van der Waals surface area contributed by atoms with Crippen LogP contribution in [0.25, 0.3) is 0 Å². The van der Waals surface area contributed by atoms with Gasteiger partial charge in [-0.25, -0.2) is 0 Å². The van der Waals surface area contributed by atoms with Gasteiger partial charge in [0, 0.05) is 11.1 Å². The van der Waals surface area contributed by atoms with Gasteiger partial charge in [-0.3, -0.25) is 0 Å². The standard InChI is InChI=1S/C11H16ClNO2/c1-6-5-7(11(2,3)13)9(14)8(12)10(6)15-4/h5,14H,13H2,1-4H3. The third-order valence-electron chi connectivity index (χ3n) is 2.28. The van der Waals surface area contributed by atoms with E-state index in [9.17, 15) is 5.11 Å². The van der Waals surface area contributed by atoms with Crippen LogP contribution in [0.15, 0.2) is 6.07 Å². The van der Waals surface area contributed by atoms with Gasteiger partial charge in [0.1, 0.15) is 16.5 Å². The number of hydrogen-bond acceptors (Lipinski definition) is 3. The fourth-order valence-corrected chi connectivity index (χ4v) is 1.82. The van der Waals surface area contributed by atoms with E-state index in [0.29, 0.717) is 11.3 Å². The average molecular weight is 230 g/mol. The number of nitrogens with two attached hydrogens (primary N) is 1. The molecular formula is C11H16ClNO2. The summed E-state index contributed by atoms with van der Waals surface area (Å²) in [4.78, 5) is 0. The number of aromatic hydroxyl groups is 1. The topological polar surface area (TPSA) is 55.5 Å². The van der Waals surface area contributed by atoms with Crippen LogP contribution in [-0.2, 0) is 5.54 Å². The second kappa shape index (κ2) is 3.91. The zero-order valence-electron chi connectivity index (χ0n) is 9.39. The summed E-state index contributed by atoms with van der Waals surface area (Å²) in [6.07, 6.45) is 0. The van der Waals surface area contributed by atoms with E-state index in [2.05, 4.69) is 0 Å². The Morgan fingerprint density at radius 3 is 2.40 bits per heavy atom. The molecule has 1 aromatic rings. The lowest BCUT2D eigenvalue weighted by atomic mass is 9.93. The van der Waals surface area contributed by atoms with E-state index in [4.69, 9.17) is 22.1 Å². The number of benzene rings is 1. The maximum atomic E-state index is 9.88. The minimum atomic E-state index is -0.634. The molecule has 0 fully saturated rings. The smallest absolute Gasteiger partial charge is 0.144 e. The number of halogens is 1. The van der Waals surface area contributed by atoms with Crippen molar-refractivity contribution in [3.05, 3.63) is 22.2 Å². The van der Waals surface area contributed by atoms with Crippen LogP contribution < -0.4 is 10.5 Å². The lowest BCUT2D eigenvalue weighted by Gasteiger charge is -2.23. The first-order valence-corrected chi connectivity index (χ1v) is 5.02. The zero-order valence-corrected chi connectivity index (χ0v) is 10.1. The van der Waals surface area contributed by atoms with E-state index >= 15 is 0 Å². The molecular weight excluding hydrogens is 214 g/mol. The zero-order chi connectivity index (χ0) is 11.8. The van der Waals surface area contributed by atoms with E-state index < -0.39 is 5.54 Å². The fraction of sp³-hybridized carbons (Fsp3) is 0.455. The maximum Gasteiger partial charge on any atom is 0.144 e. The maximum absolute atomic E-state index is 9.88.